The van der Waals surface area contributed by atoms with Crippen molar-refractivity contribution < 1.29 is 9.13 Å². The smallest absolute Gasteiger partial charge is 0.187 e. The van der Waals surface area contributed by atoms with E-state index in [4.69, 9.17) is 4.74 Å². The summed E-state index contributed by atoms with van der Waals surface area (Å²) in [6.07, 6.45) is 6.21. The second kappa shape index (κ2) is 8.52. The minimum Gasteiger partial charge on any atom is -0.493 e. The number of aromatic nitrogens is 3. The first kappa shape index (κ1) is 19.4. The lowest BCUT2D eigenvalue weighted by atomic mass is 10.0. The third-order valence-electron chi connectivity index (χ3n) is 4.34. The predicted molar refractivity (Wildman–Crippen MR) is 108 cm³/mol. The van der Waals surface area contributed by atoms with Crippen molar-refractivity contribution >= 4 is 28.5 Å². The Morgan fingerprint density at radius 3 is 2.81 bits per heavy atom. The van der Waals surface area contributed by atoms with Gasteiger partial charge in [0.2, 0.25) is 0 Å². The number of halogens is 1. The number of ether oxygens (including phenoxy) is 1. The molecule has 1 aliphatic rings. The van der Waals surface area contributed by atoms with Crippen molar-refractivity contribution in [3.63, 3.8) is 0 Å². The summed E-state index contributed by atoms with van der Waals surface area (Å²) in [5.41, 5.74) is 3.41. The molecule has 0 fully saturated rings. The Bertz CT molecular complexity index is 964. The van der Waals surface area contributed by atoms with Crippen LogP contribution in [-0.4, -0.2) is 27.8 Å². The number of hydrogen-bond acceptors (Lipinski definition) is 6. The molecule has 1 aliphatic heterocycles. The molecule has 0 amide bonds. The third kappa shape index (κ3) is 3.83. The van der Waals surface area contributed by atoms with E-state index in [1.807, 2.05) is 27.0 Å². The molecule has 27 heavy (non-hydrogen) atoms. The van der Waals surface area contributed by atoms with Crippen LogP contribution in [-0.2, 0) is 13.0 Å². The van der Waals surface area contributed by atoms with E-state index in [0.29, 0.717) is 24.5 Å². The van der Waals surface area contributed by atoms with Gasteiger partial charge in [-0.3, -0.25) is 0 Å². The van der Waals surface area contributed by atoms with Gasteiger partial charge in [0.15, 0.2) is 5.16 Å². The van der Waals surface area contributed by atoms with Gasteiger partial charge in [-0.25, -0.2) is 19.3 Å². The summed E-state index contributed by atoms with van der Waals surface area (Å²) in [6.45, 7) is 6.91. The van der Waals surface area contributed by atoms with Gasteiger partial charge in [0.25, 0.3) is 0 Å². The predicted octanol–water partition coefficient (Wildman–Crippen LogP) is 4.77. The zero-order valence-electron chi connectivity index (χ0n) is 16.0. The van der Waals surface area contributed by atoms with Crippen LogP contribution in [0.2, 0.25) is 0 Å². The molecule has 1 aromatic carbocycles. The summed E-state index contributed by atoms with van der Waals surface area (Å²) in [7, 11) is 0. The van der Waals surface area contributed by atoms with Gasteiger partial charge in [0.1, 0.15) is 17.4 Å². The van der Waals surface area contributed by atoms with Crippen LogP contribution in [0.3, 0.4) is 0 Å². The summed E-state index contributed by atoms with van der Waals surface area (Å²) < 4.78 is 19.8. The highest BCUT2D eigenvalue weighted by atomic mass is 32.2. The Labute approximate surface area is 162 Å². The van der Waals surface area contributed by atoms with Crippen LogP contribution >= 0.6 is 11.8 Å². The van der Waals surface area contributed by atoms with Gasteiger partial charge in [-0.2, -0.15) is 0 Å². The largest absolute Gasteiger partial charge is 0.493 e. The van der Waals surface area contributed by atoms with Crippen LogP contribution < -0.4 is 10.1 Å². The summed E-state index contributed by atoms with van der Waals surface area (Å²) in [5.74, 6) is 1.20. The van der Waals surface area contributed by atoms with Gasteiger partial charge >= 0.3 is 0 Å². The molecule has 142 valence electrons. The van der Waals surface area contributed by atoms with Gasteiger partial charge < -0.3 is 10.1 Å². The Balaban J connectivity index is 0.00000102. The van der Waals surface area contributed by atoms with E-state index < -0.39 is 0 Å². The maximum atomic E-state index is 14.3. The number of thioether (sulfide) groups is 1. The van der Waals surface area contributed by atoms with Gasteiger partial charge in [-0.15, -0.1) is 0 Å². The fourth-order valence-corrected chi connectivity index (χ4v) is 3.39. The first-order chi connectivity index (χ1) is 13.2. The number of pyridine rings is 1. The minimum atomic E-state index is -0.228. The Morgan fingerprint density at radius 1 is 1.22 bits per heavy atom. The number of nitrogens with one attached hydrogen (secondary N) is 1. The van der Waals surface area contributed by atoms with E-state index in [1.165, 1.54) is 17.8 Å². The monoisotopic (exact) mass is 386 g/mol. The molecule has 3 heterocycles. The maximum absolute atomic E-state index is 14.3. The first-order valence-corrected chi connectivity index (χ1v) is 10.2. The Hall–Kier alpha value is -2.41. The molecule has 2 aromatic heterocycles. The number of fused-ring (bicyclic) bond motifs is 2. The van der Waals surface area contributed by atoms with Gasteiger partial charge in [0.05, 0.1) is 17.5 Å². The molecule has 0 saturated heterocycles. The normalized spacial score (nSPS) is 12.2. The minimum absolute atomic E-state index is 0.228. The Morgan fingerprint density at radius 2 is 2.04 bits per heavy atom. The lowest BCUT2D eigenvalue weighted by Crippen LogP contribution is -2.07. The number of hydrogen-bond donors (Lipinski definition) is 1. The van der Waals surface area contributed by atoms with Crippen molar-refractivity contribution in [3.8, 4) is 5.75 Å². The fraction of sp³-hybridized carbons (Fsp3) is 0.350. The lowest BCUT2D eigenvalue weighted by molar-refractivity contribution is 0.356. The van der Waals surface area contributed by atoms with E-state index in [1.54, 1.807) is 18.5 Å². The highest BCUT2D eigenvalue weighted by Crippen LogP contribution is 2.31. The summed E-state index contributed by atoms with van der Waals surface area (Å²) in [6, 6.07) is 3.15. The van der Waals surface area contributed by atoms with Crippen molar-refractivity contribution in [2.45, 2.75) is 38.9 Å². The average molecular weight is 386 g/mol. The van der Waals surface area contributed by atoms with Crippen molar-refractivity contribution in [1.29, 1.82) is 0 Å². The molecule has 0 saturated carbocycles. The van der Waals surface area contributed by atoms with Crippen LogP contribution in [0.25, 0.3) is 10.9 Å². The summed E-state index contributed by atoms with van der Waals surface area (Å²) in [4.78, 5) is 13.3. The molecule has 5 nitrogen and oxygen atoms in total. The number of nitrogens with zero attached hydrogens (tertiary/aromatic N) is 3. The van der Waals surface area contributed by atoms with Crippen LogP contribution in [0, 0.1) is 12.7 Å². The Kier molecular flexibility index (Phi) is 6.11. The maximum Gasteiger partial charge on any atom is 0.187 e. The summed E-state index contributed by atoms with van der Waals surface area (Å²) in [5, 5.41) is 4.80. The zero-order valence-corrected chi connectivity index (χ0v) is 16.8. The molecular formula is C20H23FN4OS. The molecule has 4 rings (SSSR count). The van der Waals surface area contributed by atoms with Crippen molar-refractivity contribution in [2.24, 2.45) is 0 Å². The van der Waals surface area contributed by atoms with Crippen LogP contribution in [0.5, 0.6) is 5.75 Å². The van der Waals surface area contributed by atoms with E-state index >= 15 is 0 Å². The van der Waals surface area contributed by atoms with Crippen molar-refractivity contribution in [2.75, 3.05) is 18.2 Å². The molecule has 1 N–H and O–H groups in total. The average Bonchev–Trinajstić information content (AvgIpc) is 3.19. The topological polar surface area (TPSA) is 59.9 Å². The molecule has 0 radical (unpaired) electrons. The number of benzene rings is 1. The number of aryl methyl sites for hydroxylation is 1. The number of anilines is 1. The molecule has 0 bridgehead atoms. The van der Waals surface area contributed by atoms with E-state index in [0.717, 1.165) is 39.4 Å². The van der Waals surface area contributed by atoms with E-state index in [9.17, 15) is 4.39 Å². The summed E-state index contributed by atoms with van der Waals surface area (Å²) >= 11 is 1.50. The fourth-order valence-electron chi connectivity index (χ4n) is 3.05. The lowest BCUT2D eigenvalue weighted by Gasteiger charge is -2.13. The van der Waals surface area contributed by atoms with Crippen LogP contribution in [0.4, 0.5) is 10.2 Å². The van der Waals surface area contributed by atoms with Crippen LogP contribution in [0.1, 0.15) is 30.5 Å². The first-order valence-electron chi connectivity index (χ1n) is 9.00. The quantitative estimate of drug-likeness (QED) is 0.515. The van der Waals surface area contributed by atoms with Crippen molar-refractivity contribution in [1.82, 2.24) is 15.0 Å². The van der Waals surface area contributed by atoms with E-state index in [-0.39, 0.29) is 5.82 Å². The number of rotatable bonds is 4. The van der Waals surface area contributed by atoms with E-state index in [2.05, 4.69) is 20.3 Å². The second-order valence-electron chi connectivity index (χ2n) is 5.86. The molecule has 0 aliphatic carbocycles. The second-order valence-corrected chi connectivity index (χ2v) is 6.64. The molecule has 0 unspecified atom stereocenters. The van der Waals surface area contributed by atoms with Gasteiger partial charge in [0, 0.05) is 36.5 Å². The third-order valence-corrected chi connectivity index (χ3v) is 4.90. The van der Waals surface area contributed by atoms with Crippen LogP contribution in [0.15, 0.2) is 29.7 Å². The highest BCUT2D eigenvalue weighted by Gasteiger charge is 2.19. The molecular weight excluding hydrogens is 363 g/mol. The zero-order chi connectivity index (χ0) is 19.4. The molecule has 7 heteroatoms. The molecule has 0 spiro atoms. The SMILES string of the molecule is CC.CSc1ncc2c(NCc3c(F)ccc4c3CCO4)ncc(C)c2n1. The van der Waals surface area contributed by atoms with Crippen molar-refractivity contribution in [3.05, 3.63) is 47.0 Å². The van der Waals surface area contributed by atoms with Gasteiger partial charge in [-0.05, 0) is 30.9 Å². The molecule has 0 atom stereocenters. The van der Waals surface area contributed by atoms with Gasteiger partial charge in [-0.1, -0.05) is 25.6 Å². The molecule has 3 aromatic rings. The standard InChI is InChI=1S/C18H17FN4OS.C2H6/c1-10-7-20-17(13-9-22-18(25-2)23-16(10)13)21-8-12-11-5-6-24-15(11)4-3-14(12)19;1-2/h3-4,7,9H,5-6,8H2,1-2H3,(H,20,21);1-2H3. The highest BCUT2D eigenvalue weighted by molar-refractivity contribution is 7.98.